The van der Waals surface area contributed by atoms with E-state index < -0.39 is 0 Å². The van der Waals surface area contributed by atoms with Crippen molar-refractivity contribution < 1.29 is 0 Å². The van der Waals surface area contributed by atoms with Crippen LogP contribution in [0.1, 0.15) is 13.8 Å². The predicted molar refractivity (Wildman–Crippen MR) is 64.7 cm³/mol. The molecule has 0 saturated carbocycles. The van der Waals surface area contributed by atoms with Crippen LogP contribution in [0.4, 0.5) is 11.8 Å². The number of hydrogen-bond donors (Lipinski definition) is 1. The van der Waals surface area contributed by atoms with E-state index in [1.165, 1.54) is 0 Å². The van der Waals surface area contributed by atoms with Gasteiger partial charge in [-0.05, 0) is 27.8 Å². The minimum absolute atomic E-state index is 0.513. The Morgan fingerprint density at radius 3 is 2.47 bits per heavy atom. The van der Waals surface area contributed by atoms with E-state index in [0.717, 1.165) is 23.6 Å². The smallest absolute Gasteiger partial charge is 0.228 e. The molecule has 1 aromatic rings. The first-order valence-electron chi connectivity index (χ1n) is 5.11. The summed E-state index contributed by atoms with van der Waals surface area (Å²) in [6.45, 7) is 6.53. The Hall–Kier alpha value is -0.840. The van der Waals surface area contributed by atoms with E-state index in [4.69, 9.17) is 5.73 Å². The number of nitrogens with two attached hydrogens (primary N) is 1. The van der Waals surface area contributed by atoms with Gasteiger partial charge in [0.15, 0.2) is 0 Å². The molecular weight excluding hydrogens is 256 g/mol. The molecule has 2 atom stereocenters. The fourth-order valence-electron chi connectivity index (χ4n) is 1.86. The topological polar surface area (TPSA) is 55.0 Å². The highest BCUT2D eigenvalue weighted by Crippen LogP contribution is 2.26. The fraction of sp³-hybridized carbons (Fsp3) is 0.600. The van der Waals surface area contributed by atoms with Crippen LogP contribution < -0.4 is 10.6 Å². The van der Waals surface area contributed by atoms with Crippen LogP contribution in [-0.2, 0) is 0 Å². The van der Waals surface area contributed by atoms with Crippen LogP contribution in [-0.4, -0.2) is 23.1 Å². The van der Waals surface area contributed by atoms with E-state index in [1.54, 1.807) is 6.07 Å². The molecule has 0 spiro atoms. The van der Waals surface area contributed by atoms with Crippen LogP contribution >= 0.6 is 15.9 Å². The summed E-state index contributed by atoms with van der Waals surface area (Å²) in [5.74, 6) is 2.62. The van der Waals surface area contributed by atoms with Crippen molar-refractivity contribution in [2.75, 3.05) is 23.7 Å². The third-order valence-corrected chi connectivity index (χ3v) is 3.38. The molecule has 2 N–H and O–H groups in total. The third-order valence-electron chi connectivity index (χ3n) is 2.97. The van der Waals surface area contributed by atoms with Crippen LogP contribution in [0.3, 0.4) is 0 Å². The van der Waals surface area contributed by atoms with Crippen LogP contribution in [0, 0.1) is 11.8 Å². The van der Waals surface area contributed by atoms with Gasteiger partial charge in [0.25, 0.3) is 0 Å². The summed E-state index contributed by atoms with van der Waals surface area (Å²) >= 11 is 3.33. The van der Waals surface area contributed by atoms with Gasteiger partial charge in [0.05, 0.1) is 0 Å². The molecule has 4 nitrogen and oxygen atoms in total. The predicted octanol–water partition coefficient (Wildman–Crippen LogP) is 1.91. The molecule has 0 aromatic carbocycles. The van der Waals surface area contributed by atoms with Crippen LogP contribution in [0.2, 0.25) is 0 Å². The Kier molecular flexibility index (Phi) is 2.82. The molecular formula is C10H15BrN4. The van der Waals surface area contributed by atoms with Crippen LogP contribution in [0.15, 0.2) is 10.7 Å². The van der Waals surface area contributed by atoms with Gasteiger partial charge in [-0.2, -0.15) is 4.98 Å². The van der Waals surface area contributed by atoms with E-state index in [2.05, 4.69) is 44.6 Å². The van der Waals surface area contributed by atoms with E-state index in [9.17, 15) is 0 Å². The monoisotopic (exact) mass is 270 g/mol. The second-order valence-corrected chi connectivity index (χ2v) is 5.09. The molecule has 2 heterocycles. The molecule has 1 fully saturated rings. The van der Waals surface area contributed by atoms with E-state index in [0.29, 0.717) is 17.7 Å². The highest BCUT2D eigenvalue weighted by molar-refractivity contribution is 9.10. The highest BCUT2D eigenvalue weighted by atomic mass is 79.9. The molecule has 1 aliphatic rings. The molecule has 82 valence electrons. The number of nitrogens with zero attached hydrogens (tertiary/aromatic N) is 3. The molecule has 1 aromatic heterocycles. The molecule has 0 bridgehead atoms. The summed E-state index contributed by atoms with van der Waals surface area (Å²) in [6.07, 6.45) is 0. The number of aromatic nitrogens is 2. The summed E-state index contributed by atoms with van der Waals surface area (Å²) in [4.78, 5) is 10.8. The minimum Gasteiger partial charge on any atom is -0.383 e. The molecule has 1 aliphatic heterocycles. The first-order valence-corrected chi connectivity index (χ1v) is 5.90. The summed E-state index contributed by atoms with van der Waals surface area (Å²) < 4.78 is 0.747. The average molecular weight is 271 g/mol. The molecule has 0 amide bonds. The molecule has 2 unspecified atom stereocenters. The van der Waals surface area contributed by atoms with Gasteiger partial charge >= 0.3 is 0 Å². The first-order chi connectivity index (χ1) is 7.06. The minimum atomic E-state index is 0.513. The van der Waals surface area contributed by atoms with Gasteiger partial charge < -0.3 is 10.6 Å². The summed E-state index contributed by atoms with van der Waals surface area (Å²) in [5, 5.41) is 0. The summed E-state index contributed by atoms with van der Waals surface area (Å²) in [7, 11) is 0. The lowest BCUT2D eigenvalue weighted by Gasteiger charge is -2.16. The maximum absolute atomic E-state index is 5.69. The Morgan fingerprint density at radius 2 is 1.93 bits per heavy atom. The number of nitrogen functional groups attached to an aromatic ring is 1. The lowest BCUT2D eigenvalue weighted by atomic mass is 10.0. The zero-order chi connectivity index (χ0) is 11.0. The number of rotatable bonds is 1. The van der Waals surface area contributed by atoms with Gasteiger partial charge in [-0.1, -0.05) is 13.8 Å². The summed E-state index contributed by atoms with van der Waals surface area (Å²) in [6, 6.07) is 1.71. The second-order valence-electron chi connectivity index (χ2n) is 4.28. The van der Waals surface area contributed by atoms with Crippen molar-refractivity contribution >= 4 is 27.7 Å². The lowest BCUT2D eigenvalue weighted by molar-refractivity contribution is 0.494. The quantitative estimate of drug-likeness (QED) is 0.793. The van der Waals surface area contributed by atoms with Crippen molar-refractivity contribution in [3.8, 4) is 0 Å². The maximum atomic E-state index is 5.69. The molecule has 15 heavy (non-hydrogen) atoms. The number of hydrogen-bond acceptors (Lipinski definition) is 4. The highest BCUT2D eigenvalue weighted by Gasteiger charge is 2.27. The van der Waals surface area contributed by atoms with E-state index in [1.807, 2.05) is 0 Å². The average Bonchev–Trinajstić information content (AvgIpc) is 2.45. The Balaban J connectivity index is 2.23. The van der Waals surface area contributed by atoms with Crippen LogP contribution in [0.25, 0.3) is 0 Å². The largest absolute Gasteiger partial charge is 0.383 e. The molecule has 1 saturated heterocycles. The molecule has 0 radical (unpaired) electrons. The number of anilines is 2. The molecule has 5 heteroatoms. The van der Waals surface area contributed by atoms with Crippen molar-refractivity contribution in [1.29, 1.82) is 0 Å². The fourth-order valence-corrected chi connectivity index (χ4v) is 2.25. The molecule has 2 rings (SSSR count). The number of halogens is 1. The Labute approximate surface area is 98.0 Å². The summed E-state index contributed by atoms with van der Waals surface area (Å²) in [5.41, 5.74) is 5.69. The second kappa shape index (κ2) is 3.96. The first kappa shape index (κ1) is 10.7. The zero-order valence-corrected chi connectivity index (χ0v) is 10.5. The van der Waals surface area contributed by atoms with E-state index >= 15 is 0 Å². The zero-order valence-electron chi connectivity index (χ0n) is 8.94. The van der Waals surface area contributed by atoms with Gasteiger partial charge in [-0.25, -0.2) is 4.98 Å². The van der Waals surface area contributed by atoms with Gasteiger partial charge in [-0.15, -0.1) is 0 Å². The normalized spacial score (nSPS) is 25.9. The molecule has 0 aliphatic carbocycles. The standard InChI is InChI=1S/C10H15BrN4/c1-6-4-15(5-7(6)2)10-13-8(11)3-9(12)14-10/h3,6-7H,4-5H2,1-2H3,(H2,12,13,14). The van der Waals surface area contributed by atoms with Crippen molar-refractivity contribution in [2.24, 2.45) is 11.8 Å². The van der Waals surface area contributed by atoms with Crippen molar-refractivity contribution in [2.45, 2.75) is 13.8 Å². The van der Waals surface area contributed by atoms with E-state index in [-0.39, 0.29) is 0 Å². The van der Waals surface area contributed by atoms with Gasteiger partial charge in [0.2, 0.25) is 5.95 Å². The Morgan fingerprint density at radius 1 is 1.33 bits per heavy atom. The van der Waals surface area contributed by atoms with Gasteiger partial charge in [-0.3, -0.25) is 0 Å². The van der Waals surface area contributed by atoms with Gasteiger partial charge in [0, 0.05) is 19.2 Å². The lowest BCUT2D eigenvalue weighted by Crippen LogP contribution is -2.22. The Bertz CT molecular complexity index is 338. The van der Waals surface area contributed by atoms with Crippen molar-refractivity contribution in [3.05, 3.63) is 10.7 Å². The van der Waals surface area contributed by atoms with Crippen molar-refractivity contribution in [3.63, 3.8) is 0 Å². The maximum Gasteiger partial charge on any atom is 0.228 e. The van der Waals surface area contributed by atoms with Crippen LogP contribution in [0.5, 0.6) is 0 Å². The van der Waals surface area contributed by atoms with Gasteiger partial charge in [0.1, 0.15) is 10.4 Å². The third kappa shape index (κ3) is 2.22. The van der Waals surface area contributed by atoms with Crippen molar-refractivity contribution in [1.82, 2.24) is 9.97 Å². The SMILES string of the molecule is CC1CN(c2nc(N)cc(Br)n2)CC1C.